The minimum Gasteiger partial charge on any atom is -0.363 e. The highest BCUT2D eigenvalue weighted by atomic mass is 35.5. The topological polar surface area (TPSA) is 38.1 Å². The number of rotatable bonds is 3. The first kappa shape index (κ1) is 14.6. The summed E-state index contributed by atoms with van der Waals surface area (Å²) in [6, 6.07) is 11.1. The Kier molecular flexibility index (Phi) is 3.62. The van der Waals surface area contributed by atoms with E-state index < -0.39 is 0 Å². The van der Waals surface area contributed by atoms with Crippen LogP contribution in [0.1, 0.15) is 15.9 Å². The molecule has 0 unspecified atom stereocenters. The first-order valence-corrected chi connectivity index (χ1v) is 7.28. The van der Waals surface area contributed by atoms with E-state index in [0.717, 1.165) is 10.9 Å². The summed E-state index contributed by atoms with van der Waals surface area (Å²) < 4.78 is 2.02. The van der Waals surface area contributed by atoms with Gasteiger partial charge in [-0.1, -0.05) is 11.6 Å². The Labute approximate surface area is 133 Å². The molecular weight excluding hydrogens is 298 g/mol. The number of benzene rings is 1. The average molecular weight is 314 g/mol. The summed E-state index contributed by atoms with van der Waals surface area (Å²) in [5.41, 5.74) is 2.28. The molecule has 4 nitrogen and oxygen atoms in total. The van der Waals surface area contributed by atoms with Crippen molar-refractivity contribution in [3.8, 4) is 0 Å². The van der Waals surface area contributed by atoms with Gasteiger partial charge >= 0.3 is 0 Å². The monoisotopic (exact) mass is 313 g/mol. The lowest BCUT2D eigenvalue weighted by Crippen LogP contribution is -2.12. The lowest BCUT2D eigenvalue weighted by Gasteiger charge is -2.12. The van der Waals surface area contributed by atoms with E-state index >= 15 is 0 Å². The quantitative estimate of drug-likeness (QED) is 0.548. The van der Waals surface area contributed by atoms with E-state index in [1.165, 1.54) is 0 Å². The second-order valence-corrected chi connectivity index (χ2v) is 5.85. The van der Waals surface area contributed by atoms with Crippen molar-refractivity contribution < 1.29 is 4.79 Å². The molecule has 0 aliphatic carbocycles. The lowest BCUT2D eigenvalue weighted by molar-refractivity contribution is 0.103. The number of anilines is 1. The Bertz CT molecular complexity index is 867. The Morgan fingerprint density at radius 2 is 1.91 bits per heavy atom. The molecule has 2 aromatic heterocycles. The molecule has 0 saturated heterocycles. The number of carbonyl (C=O) groups excluding carboxylic acids is 1. The van der Waals surface area contributed by atoms with Crippen LogP contribution in [0.4, 0.5) is 5.82 Å². The Morgan fingerprint density at radius 1 is 1.14 bits per heavy atom. The van der Waals surface area contributed by atoms with E-state index in [0.29, 0.717) is 22.1 Å². The first-order chi connectivity index (χ1) is 10.5. The number of pyridine rings is 1. The fourth-order valence-corrected chi connectivity index (χ4v) is 2.64. The van der Waals surface area contributed by atoms with Crippen LogP contribution in [-0.4, -0.2) is 29.4 Å². The normalized spacial score (nSPS) is 10.9. The fraction of sp³-hybridized carbons (Fsp3) is 0.176. The number of nitrogens with zero attached hydrogens (tertiary/aromatic N) is 3. The molecule has 1 aromatic carbocycles. The van der Waals surface area contributed by atoms with Crippen molar-refractivity contribution in [2.45, 2.75) is 0 Å². The molecule has 0 saturated carbocycles. The summed E-state index contributed by atoms with van der Waals surface area (Å²) in [6.07, 6.45) is 1.98. The van der Waals surface area contributed by atoms with Crippen LogP contribution >= 0.6 is 11.6 Å². The van der Waals surface area contributed by atoms with Crippen molar-refractivity contribution >= 4 is 34.1 Å². The zero-order valence-corrected chi connectivity index (χ0v) is 13.4. The summed E-state index contributed by atoms with van der Waals surface area (Å²) in [5.74, 6) is 0.606. The minimum absolute atomic E-state index is 0.0573. The third-order valence-electron chi connectivity index (χ3n) is 3.65. The summed E-state index contributed by atoms with van der Waals surface area (Å²) in [4.78, 5) is 18.7. The predicted molar refractivity (Wildman–Crippen MR) is 89.9 cm³/mol. The van der Waals surface area contributed by atoms with E-state index in [-0.39, 0.29) is 5.78 Å². The standard InChI is InChI=1S/C17H16ClN3O/c1-20(2)16-10-13(9-15(18)19-16)17(22)12-4-5-14-11(8-12)6-7-21(14)3/h4-10H,1-3H3. The van der Waals surface area contributed by atoms with Crippen LogP contribution in [0.3, 0.4) is 0 Å². The van der Waals surface area contributed by atoms with Gasteiger partial charge in [-0.25, -0.2) is 4.98 Å². The smallest absolute Gasteiger partial charge is 0.193 e. The highest BCUT2D eigenvalue weighted by Crippen LogP contribution is 2.22. The number of carbonyl (C=O) groups is 1. The number of aryl methyl sites for hydroxylation is 1. The molecule has 2 heterocycles. The molecular formula is C17H16ClN3O. The molecule has 0 radical (unpaired) electrons. The van der Waals surface area contributed by atoms with Gasteiger partial charge in [0.1, 0.15) is 11.0 Å². The number of aromatic nitrogens is 2. The maximum Gasteiger partial charge on any atom is 0.193 e. The second-order valence-electron chi connectivity index (χ2n) is 5.46. The molecule has 0 fully saturated rings. The molecule has 22 heavy (non-hydrogen) atoms. The van der Waals surface area contributed by atoms with E-state index in [1.54, 1.807) is 12.1 Å². The van der Waals surface area contributed by atoms with Crippen molar-refractivity contribution in [3.05, 3.63) is 58.9 Å². The summed E-state index contributed by atoms with van der Waals surface area (Å²) in [7, 11) is 5.71. The highest BCUT2D eigenvalue weighted by Gasteiger charge is 2.13. The van der Waals surface area contributed by atoms with Gasteiger partial charge in [-0.05, 0) is 36.4 Å². The molecule has 0 amide bonds. The molecule has 3 aromatic rings. The van der Waals surface area contributed by atoms with Crippen molar-refractivity contribution in [3.63, 3.8) is 0 Å². The van der Waals surface area contributed by atoms with Crippen molar-refractivity contribution in [1.29, 1.82) is 0 Å². The van der Waals surface area contributed by atoms with Crippen LogP contribution in [0.25, 0.3) is 10.9 Å². The van der Waals surface area contributed by atoms with Gasteiger partial charge in [0.05, 0.1) is 0 Å². The number of hydrogen-bond donors (Lipinski definition) is 0. The van der Waals surface area contributed by atoms with Gasteiger partial charge in [-0.2, -0.15) is 0 Å². The molecule has 0 aliphatic rings. The van der Waals surface area contributed by atoms with Gasteiger partial charge < -0.3 is 9.47 Å². The highest BCUT2D eigenvalue weighted by molar-refractivity contribution is 6.30. The van der Waals surface area contributed by atoms with Crippen LogP contribution in [0.5, 0.6) is 0 Å². The molecule has 0 spiro atoms. The molecule has 112 valence electrons. The van der Waals surface area contributed by atoms with Crippen LogP contribution in [-0.2, 0) is 7.05 Å². The van der Waals surface area contributed by atoms with Crippen LogP contribution in [0.2, 0.25) is 5.15 Å². The van der Waals surface area contributed by atoms with Crippen LogP contribution in [0.15, 0.2) is 42.6 Å². The molecule has 0 N–H and O–H groups in total. The Hall–Kier alpha value is -2.33. The lowest BCUT2D eigenvalue weighted by atomic mass is 10.0. The molecule has 0 bridgehead atoms. The molecule has 5 heteroatoms. The van der Waals surface area contributed by atoms with Crippen molar-refractivity contribution in [2.24, 2.45) is 7.05 Å². The average Bonchev–Trinajstić information content (AvgIpc) is 2.86. The minimum atomic E-state index is -0.0573. The largest absolute Gasteiger partial charge is 0.363 e. The fourth-order valence-electron chi connectivity index (χ4n) is 2.43. The first-order valence-electron chi connectivity index (χ1n) is 6.90. The van der Waals surface area contributed by atoms with E-state index in [9.17, 15) is 4.79 Å². The molecule has 3 rings (SSSR count). The second kappa shape index (κ2) is 5.46. The SMILES string of the molecule is CN(C)c1cc(C(=O)c2ccc3c(ccn3C)c2)cc(Cl)n1. The van der Waals surface area contributed by atoms with Gasteiger partial charge in [0, 0.05) is 49.4 Å². The van der Waals surface area contributed by atoms with Gasteiger partial charge in [0.15, 0.2) is 5.78 Å². The van der Waals surface area contributed by atoms with Crippen molar-refractivity contribution in [1.82, 2.24) is 9.55 Å². The zero-order chi connectivity index (χ0) is 15.9. The van der Waals surface area contributed by atoms with Gasteiger partial charge in [-0.3, -0.25) is 4.79 Å². The van der Waals surface area contributed by atoms with Gasteiger partial charge in [0.25, 0.3) is 0 Å². The van der Waals surface area contributed by atoms with E-state index in [1.807, 2.05) is 61.1 Å². The van der Waals surface area contributed by atoms with Gasteiger partial charge in [-0.15, -0.1) is 0 Å². The predicted octanol–water partition coefficient (Wildman–Crippen LogP) is 3.52. The maximum atomic E-state index is 12.7. The zero-order valence-electron chi connectivity index (χ0n) is 12.7. The Morgan fingerprint density at radius 3 is 2.64 bits per heavy atom. The number of hydrogen-bond acceptors (Lipinski definition) is 3. The summed E-state index contributed by atoms with van der Waals surface area (Å²) in [5, 5.41) is 1.36. The Balaban J connectivity index is 2.05. The summed E-state index contributed by atoms with van der Waals surface area (Å²) >= 11 is 6.03. The van der Waals surface area contributed by atoms with Crippen LogP contribution < -0.4 is 4.90 Å². The third kappa shape index (κ3) is 2.57. The number of halogens is 1. The van der Waals surface area contributed by atoms with Gasteiger partial charge in [0.2, 0.25) is 0 Å². The van der Waals surface area contributed by atoms with E-state index in [2.05, 4.69) is 4.98 Å². The third-order valence-corrected chi connectivity index (χ3v) is 3.84. The molecule has 0 atom stereocenters. The number of fused-ring (bicyclic) bond motifs is 1. The maximum absolute atomic E-state index is 12.7. The summed E-state index contributed by atoms with van der Waals surface area (Å²) in [6.45, 7) is 0. The van der Waals surface area contributed by atoms with E-state index in [4.69, 9.17) is 11.6 Å². The molecule has 0 aliphatic heterocycles. The van der Waals surface area contributed by atoms with Crippen LogP contribution in [0, 0.1) is 0 Å². The van der Waals surface area contributed by atoms with Crippen molar-refractivity contribution in [2.75, 3.05) is 19.0 Å². The number of ketones is 1.